The van der Waals surface area contributed by atoms with Crippen molar-refractivity contribution in [1.82, 2.24) is 14.9 Å². The second-order valence-corrected chi connectivity index (χ2v) is 2.62. The lowest BCUT2D eigenvalue weighted by Crippen LogP contribution is -2.25. The van der Waals surface area contributed by atoms with E-state index in [0.717, 1.165) is 5.82 Å². The standard InChI is InChI=1S/C8H13N3O2/c1-11-6-5-9-7(11)3-4-10-8(12)13-2/h5-6H,3-4H2,1-2H3,(H,10,12). The van der Waals surface area contributed by atoms with E-state index in [9.17, 15) is 4.79 Å². The van der Waals surface area contributed by atoms with Crippen LogP contribution in [0.1, 0.15) is 5.82 Å². The van der Waals surface area contributed by atoms with Crippen molar-refractivity contribution in [3.05, 3.63) is 18.2 Å². The van der Waals surface area contributed by atoms with Gasteiger partial charge >= 0.3 is 6.09 Å². The lowest BCUT2D eigenvalue weighted by atomic mass is 10.4. The molecule has 0 saturated heterocycles. The molecule has 1 amide bonds. The molecule has 0 atom stereocenters. The molecule has 0 spiro atoms. The number of amides is 1. The third-order valence-electron chi connectivity index (χ3n) is 1.72. The Morgan fingerprint density at radius 1 is 1.77 bits per heavy atom. The Bertz CT molecular complexity index is 283. The van der Waals surface area contributed by atoms with Gasteiger partial charge in [-0.2, -0.15) is 0 Å². The first-order chi connectivity index (χ1) is 6.24. The maximum Gasteiger partial charge on any atom is 0.406 e. The van der Waals surface area contributed by atoms with E-state index in [2.05, 4.69) is 15.0 Å². The maximum atomic E-state index is 10.7. The monoisotopic (exact) mass is 183 g/mol. The SMILES string of the molecule is COC(=O)NCCc1nccn1C. The predicted molar refractivity (Wildman–Crippen MR) is 47.3 cm³/mol. The summed E-state index contributed by atoms with van der Waals surface area (Å²) in [7, 11) is 3.26. The molecule has 1 aromatic rings. The lowest BCUT2D eigenvalue weighted by molar-refractivity contribution is 0.171. The molecule has 1 rings (SSSR count). The number of imidazole rings is 1. The number of hydrogen-bond acceptors (Lipinski definition) is 3. The molecule has 1 heterocycles. The van der Waals surface area contributed by atoms with Crippen LogP contribution in [0.2, 0.25) is 0 Å². The van der Waals surface area contributed by atoms with E-state index in [1.54, 1.807) is 6.20 Å². The van der Waals surface area contributed by atoms with Crippen molar-refractivity contribution >= 4 is 6.09 Å². The fraction of sp³-hybridized carbons (Fsp3) is 0.500. The molecule has 0 unspecified atom stereocenters. The van der Waals surface area contributed by atoms with Crippen molar-refractivity contribution in [1.29, 1.82) is 0 Å². The highest BCUT2D eigenvalue weighted by Gasteiger charge is 2.00. The van der Waals surface area contributed by atoms with Crippen LogP contribution in [-0.2, 0) is 18.2 Å². The van der Waals surface area contributed by atoms with Gasteiger partial charge in [-0.1, -0.05) is 0 Å². The number of aromatic nitrogens is 2. The van der Waals surface area contributed by atoms with Crippen molar-refractivity contribution in [3.8, 4) is 0 Å². The molecule has 72 valence electrons. The van der Waals surface area contributed by atoms with E-state index in [0.29, 0.717) is 13.0 Å². The van der Waals surface area contributed by atoms with E-state index >= 15 is 0 Å². The predicted octanol–water partition coefficient (Wildman–Crippen LogP) is 0.319. The molecule has 1 N–H and O–H groups in total. The largest absolute Gasteiger partial charge is 0.453 e. The zero-order chi connectivity index (χ0) is 9.68. The van der Waals surface area contributed by atoms with Gasteiger partial charge in [0.05, 0.1) is 7.11 Å². The highest BCUT2D eigenvalue weighted by Crippen LogP contribution is 1.93. The normalized spacial score (nSPS) is 9.69. The number of nitrogens with one attached hydrogen (secondary N) is 1. The van der Waals surface area contributed by atoms with Gasteiger partial charge in [0.2, 0.25) is 0 Å². The van der Waals surface area contributed by atoms with Crippen LogP contribution < -0.4 is 5.32 Å². The molecule has 5 heteroatoms. The summed E-state index contributed by atoms with van der Waals surface area (Å²) in [5.74, 6) is 0.941. The summed E-state index contributed by atoms with van der Waals surface area (Å²) >= 11 is 0. The molecule has 0 fully saturated rings. The summed E-state index contributed by atoms with van der Waals surface area (Å²) in [6, 6.07) is 0. The Morgan fingerprint density at radius 2 is 2.54 bits per heavy atom. The summed E-state index contributed by atoms with van der Waals surface area (Å²) in [4.78, 5) is 14.8. The number of aryl methyl sites for hydroxylation is 1. The molecule has 1 aromatic heterocycles. The molecule has 13 heavy (non-hydrogen) atoms. The number of carbonyl (C=O) groups is 1. The molecule has 0 aliphatic rings. The van der Waals surface area contributed by atoms with Crippen LogP contribution in [-0.4, -0.2) is 29.3 Å². The highest BCUT2D eigenvalue weighted by molar-refractivity contribution is 5.66. The molecule has 0 radical (unpaired) electrons. The van der Waals surface area contributed by atoms with Gasteiger partial charge in [0.25, 0.3) is 0 Å². The van der Waals surface area contributed by atoms with Crippen LogP contribution in [0.15, 0.2) is 12.4 Å². The van der Waals surface area contributed by atoms with Crippen LogP contribution in [0.5, 0.6) is 0 Å². The lowest BCUT2D eigenvalue weighted by Gasteiger charge is -2.03. The van der Waals surface area contributed by atoms with Gasteiger partial charge in [0, 0.05) is 32.4 Å². The Morgan fingerprint density at radius 3 is 3.08 bits per heavy atom. The summed E-state index contributed by atoms with van der Waals surface area (Å²) in [5.41, 5.74) is 0. The molecule has 5 nitrogen and oxygen atoms in total. The summed E-state index contributed by atoms with van der Waals surface area (Å²) in [6.45, 7) is 0.539. The number of nitrogens with zero attached hydrogens (tertiary/aromatic N) is 2. The van der Waals surface area contributed by atoms with Crippen molar-refractivity contribution in [3.63, 3.8) is 0 Å². The fourth-order valence-corrected chi connectivity index (χ4v) is 0.986. The van der Waals surface area contributed by atoms with E-state index < -0.39 is 6.09 Å². The molecule has 0 aliphatic heterocycles. The zero-order valence-corrected chi connectivity index (χ0v) is 7.78. The second kappa shape index (κ2) is 4.49. The minimum atomic E-state index is -0.408. The van der Waals surface area contributed by atoms with Gasteiger partial charge in [-0.05, 0) is 0 Å². The first-order valence-corrected chi connectivity index (χ1v) is 4.02. The minimum Gasteiger partial charge on any atom is -0.453 e. The average Bonchev–Trinajstić information content (AvgIpc) is 2.52. The number of hydrogen-bond donors (Lipinski definition) is 1. The van der Waals surface area contributed by atoms with Crippen molar-refractivity contribution in [2.45, 2.75) is 6.42 Å². The molecule has 0 aliphatic carbocycles. The van der Waals surface area contributed by atoms with Gasteiger partial charge in [-0.15, -0.1) is 0 Å². The summed E-state index contributed by atoms with van der Waals surface area (Å²) in [6.07, 6.45) is 3.90. The first kappa shape index (κ1) is 9.57. The summed E-state index contributed by atoms with van der Waals surface area (Å²) in [5, 5.41) is 2.58. The van der Waals surface area contributed by atoms with Gasteiger partial charge in [0.1, 0.15) is 5.82 Å². The van der Waals surface area contributed by atoms with E-state index in [1.165, 1.54) is 7.11 Å². The van der Waals surface area contributed by atoms with Gasteiger partial charge < -0.3 is 14.6 Å². The average molecular weight is 183 g/mol. The molecular weight excluding hydrogens is 170 g/mol. The number of methoxy groups -OCH3 is 1. The van der Waals surface area contributed by atoms with Crippen LogP contribution in [0.25, 0.3) is 0 Å². The maximum absolute atomic E-state index is 10.7. The van der Waals surface area contributed by atoms with Crippen LogP contribution in [0.3, 0.4) is 0 Å². The Kier molecular flexibility index (Phi) is 3.31. The van der Waals surface area contributed by atoms with Gasteiger partial charge in [-0.25, -0.2) is 9.78 Å². The van der Waals surface area contributed by atoms with Crippen LogP contribution >= 0.6 is 0 Å². The topological polar surface area (TPSA) is 56.1 Å². The van der Waals surface area contributed by atoms with Crippen molar-refractivity contribution in [2.75, 3.05) is 13.7 Å². The fourth-order valence-electron chi connectivity index (χ4n) is 0.986. The van der Waals surface area contributed by atoms with Gasteiger partial charge in [-0.3, -0.25) is 0 Å². The second-order valence-electron chi connectivity index (χ2n) is 2.62. The van der Waals surface area contributed by atoms with Gasteiger partial charge in [0.15, 0.2) is 0 Å². The smallest absolute Gasteiger partial charge is 0.406 e. The Hall–Kier alpha value is -1.52. The van der Waals surface area contributed by atoms with E-state index in [4.69, 9.17) is 0 Å². The van der Waals surface area contributed by atoms with Crippen molar-refractivity contribution < 1.29 is 9.53 Å². The van der Waals surface area contributed by atoms with Crippen molar-refractivity contribution in [2.24, 2.45) is 7.05 Å². The third kappa shape index (κ3) is 2.77. The zero-order valence-electron chi connectivity index (χ0n) is 7.78. The number of ether oxygens (including phenoxy) is 1. The molecule has 0 saturated carbocycles. The third-order valence-corrected chi connectivity index (χ3v) is 1.72. The highest BCUT2D eigenvalue weighted by atomic mass is 16.5. The van der Waals surface area contributed by atoms with E-state index in [1.807, 2.05) is 17.8 Å². The van der Waals surface area contributed by atoms with Crippen LogP contribution in [0.4, 0.5) is 4.79 Å². The number of carbonyl (C=O) groups excluding carboxylic acids is 1. The molecule has 0 aromatic carbocycles. The molecular formula is C8H13N3O2. The summed E-state index contributed by atoms with van der Waals surface area (Å²) < 4.78 is 6.34. The van der Waals surface area contributed by atoms with Crippen LogP contribution in [0, 0.1) is 0 Å². The van der Waals surface area contributed by atoms with E-state index in [-0.39, 0.29) is 0 Å². The minimum absolute atomic E-state index is 0.408. The number of rotatable bonds is 3. The quantitative estimate of drug-likeness (QED) is 0.734. The first-order valence-electron chi connectivity index (χ1n) is 4.02. The molecule has 0 bridgehead atoms. The Labute approximate surface area is 76.7 Å². The Balaban J connectivity index is 2.28. The number of alkyl carbamates (subject to hydrolysis) is 1.